The van der Waals surface area contributed by atoms with Gasteiger partial charge in [-0.1, -0.05) is 48.5 Å². The van der Waals surface area contributed by atoms with Crippen LogP contribution in [0.15, 0.2) is 54.6 Å². The number of nitrogens with one attached hydrogen (secondary N) is 1. The fourth-order valence-corrected chi connectivity index (χ4v) is 3.65. The molecule has 24 heavy (non-hydrogen) atoms. The van der Waals surface area contributed by atoms with E-state index in [-0.39, 0.29) is 6.03 Å². The van der Waals surface area contributed by atoms with Gasteiger partial charge in [0.1, 0.15) is 0 Å². The van der Waals surface area contributed by atoms with Crippen LogP contribution in [-0.2, 0) is 13.0 Å². The van der Waals surface area contributed by atoms with Gasteiger partial charge in [0.15, 0.2) is 0 Å². The molecule has 2 aliphatic heterocycles. The molecule has 4 heteroatoms. The van der Waals surface area contributed by atoms with Gasteiger partial charge in [0, 0.05) is 31.9 Å². The number of nitrogens with zero attached hydrogens (tertiary/aromatic N) is 2. The molecule has 0 saturated carbocycles. The first-order valence-electron chi connectivity index (χ1n) is 8.72. The fourth-order valence-electron chi connectivity index (χ4n) is 3.65. The van der Waals surface area contributed by atoms with E-state index in [1.807, 2.05) is 35.2 Å². The predicted molar refractivity (Wildman–Crippen MR) is 96.1 cm³/mol. The molecule has 2 aliphatic rings. The zero-order chi connectivity index (χ0) is 16.4. The Morgan fingerprint density at radius 2 is 1.79 bits per heavy atom. The van der Waals surface area contributed by atoms with Crippen LogP contribution in [0.3, 0.4) is 0 Å². The largest absolute Gasteiger partial charge is 0.365 e. The highest BCUT2D eigenvalue weighted by molar-refractivity contribution is 5.75. The van der Waals surface area contributed by atoms with Crippen LogP contribution < -0.4 is 10.2 Å². The highest BCUT2D eigenvalue weighted by Gasteiger charge is 2.36. The number of rotatable bonds is 3. The van der Waals surface area contributed by atoms with Crippen LogP contribution in [0.2, 0.25) is 0 Å². The molecule has 0 atom stereocenters. The molecule has 0 bridgehead atoms. The number of hydrogen-bond donors (Lipinski definition) is 1. The third-order valence-corrected chi connectivity index (χ3v) is 5.02. The number of fused-ring (bicyclic) bond motifs is 1. The Morgan fingerprint density at radius 1 is 1.04 bits per heavy atom. The molecule has 1 saturated heterocycles. The maximum absolute atomic E-state index is 12.3. The van der Waals surface area contributed by atoms with Crippen LogP contribution >= 0.6 is 0 Å². The minimum absolute atomic E-state index is 0.0420. The number of likely N-dealkylation sites (tertiary alicyclic amines) is 1. The summed E-state index contributed by atoms with van der Waals surface area (Å²) in [5, 5.41) is 3.01. The number of urea groups is 1. The third kappa shape index (κ3) is 2.96. The van der Waals surface area contributed by atoms with E-state index in [4.69, 9.17) is 0 Å². The highest BCUT2D eigenvalue weighted by Crippen LogP contribution is 2.31. The van der Waals surface area contributed by atoms with Crippen molar-refractivity contribution in [1.82, 2.24) is 10.2 Å². The Labute approximate surface area is 143 Å². The topological polar surface area (TPSA) is 35.6 Å². The number of benzene rings is 2. The predicted octanol–water partition coefficient (Wildman–Crippen LogP) is 3.03. The van der Waals surface area contributed by atoms with Crippen LogP contribution in [0.1, 0.15) is 17.5 Å². The molecule has 0 unspecified atom stereocenters. The summed E-state index contributed by atoms with van der Waals surface area (Å²) < 4.78 is 0. The number of para-hydroxylation sites is 1. The summed E-state index contributed by atoms with van der Waals surface area (Å²) in [5.41, 5.74) is 3.93. The number of anilines is 1. The number of aryl methyl sites for hydroxylation is 1. The van der Waals surface area contributed by atoms with Crippen LogP contribution in [0.4, 0.5) is 10.5 Å². The van der Waals surface area contributed by atoms with E-state index in [0.717, 1.165) is 25.2 Å². The lowest BCUT2D eigenvalue weighted by Crippen LogP contribution is -2.63. The minimum atomic E-state index is 0.0420. The molecule has 0 radical (unpaired) electrons. The van der Waals surface area contributed by atoms with E-state index < -0.39 is 0 Å². The van der Waals surface area contributed by atoms with Gasteiger partial charge in [0.05, 0.1) is 6.04 Å². The van der Waals surface area contributed by atoms with Crippen molar-refractivity contribution in [3.63, 3.8) is 0 Å². The second kappa shape index (κ2) is 6.56. The summed E-state index contributed by atoms with van der Waals surface area (Å²) in [6.45, 7) is 3.32. The average molecular weight is 321 g/mol. The van der Waals surface area contributed by atoms with Crippen LogP contribution in [0, 0.1) is 0 Å². The van der Waals surface area contributed by atoms with Crippen molar-refractivity contribution in [3.8, 4) is 0 Å². The van der Waals surface area contributed by atoms with E-state index in [0.29, 0.717) is 12.6 Å². The standard InChI is InChI=1S/C20H23N3O/c24-20(21-13-16-7-2-1-3-8-16)22-14-18(15-22)23-12-6-10-17-9-4-5-11-19(17)23/h1-5,7-9,11,18H,6,10,12-15H2,(H,21,24). The molecule has 1 fully saturated rings. The van der Waals surface area contributed by atoms with Crippen molar-refractivity contribution in [3.05, 3.63) is 65.7 Å². The Hall–Kier alpha value is -2.49. The fraction of sp³-hybridized carbons (Fsp3) is 0.350. The van der Waals surface area contributed by atoms with E-state index in [1.165, 1.54) is 24.1 Å². The second-order valence-corrected chi connectivity index (χ2v) is 6.63. The van der Waals surface area contributed by atoms with Crippen LogP contribution in [0.5, 0.6) is 0 Å². The summed E-state index contributed by atoms with van der Waals surface area (Å²) in [4.78, 5) is 16.7. The molecule has 0 aliphatic carbocycles. The van der Waals surface area contributed by atoms with Crippen molar-refractivity contribution in [2.75, 3.05) is 24.5 Å². The number of carbonyl (C=O) groups excluding carboxylic acids is 1. The van der Waals surface area contributed by atoms with Gasteiger partial charge >= 0.3 is 6.03 Å². The molecule has 4 rings (SSSR count). The van der Waals surface area contributed by atoms with Crippen molar-refractivity contribution in [1.29, 1.82) is 0 Å². The zero-order valence-corrected chi connectivity index (χ0v) is 13.8. The minimum Gasteiger partial charge on any atom is -0.365 e. The van der Waals surface area contributed by atoms with Crippen molar-refractivity contribution < 1.29 is 4.79 Å². The summed E-state index contributed by atoms with van der Waals surface area (Å²) in [7, 11) is 0. The lowest BCUT2D eigenvalue weighted by Gasteiger charge is -2.48. The van der Waals surface area contributed by atoms with Gasteiger partial charge in [0.25, 0.3) is 0 Å². The SMILES string of the molecule is O=C(NCc1ccccc1)N1CC(N2CCCc3ccccc32)C1. The molecular weight excluding hydrogens is 298 g/mol. The smallest absolute Gasteiger partial charge is 0.317 e. The lowest BCUT2D eigenvalue weighted by molar-refractivity contribution is 0.148. The molecule has 2 heterocycles. The maximum atomic E-state index is 12.3. The van der Waals surface area contributed by atoms with Gasteiger partial charge < -0.3 is 15.1 Å². The van der Waals surface area contributed by atoms with Gasteiger partial charge in [0.2, 0.25) is 0 Å². The van der Waals surface area contributed by atoms with Gasteiger partial charge in [-0.05, 0) is 30.0 Å². The van der Waals surface area contributed by atoms with Gasteiger partial charge in [-0.15, -0.1) is 0 Å². The van der Waals surface area contributed by atoms with Crippen molar-refractivity contribution in [2.45, 2.75) is 25.4 Å². The molecule has 0 spiro atoms. The molecule has 2 amide bonds. The molecule has 2 aromatic carbocycles. The zero-order valence-electron chi connectivity index (χ0n) is 13.8. The molecule has 4 nitrogen and oxygen atoms in total. The van der Waals surface area contributed by atoms with Gasteiger partial charge in [-0.3, -0.25) is 0 Å². The van der Waals surface area contributed by atoms with E-state index in [9.17, 15) is 4.79 Å². The molecule has 2 aromatic rings. The average Bonchev–Trinajstić information content (AvgIpc) is 2.60. The Kier molecular flexibility index (Phi) is 4.11. The van der Waals surface area contributed by atoms with Gasteiger partial charge in [-0.2, -0.15) is 0 Å². The number of carbonyl (C=O) groups is 1. The Bertz CT molecular complexity index is 710. The second-order valence-electron chi connectivity index (χ2n) is 6.63. The first-order chi connectivity index (χ1) is 11.8. The quantitative estimate of drug-likeness (QED) is 0.943. The lowest BCUT2D eigenvalue weighted by atomic mass is 9.97. The monoisotopic (exact) mass is 321 g/mol. The number of amides is 2. The maximum Gasteiger partial charge on any atom is 0.317 e. The number of hydrogen-bond acceptors (Lipinski definition) is 2. The molecular formula is C20H23N3O. The van der Waals surface area contributed by atoms with Crippen molar-refractivity contribution >= 4 is 11.7 Å². The van der Waals surface area contributed by atoms with Crippen LogP contribution in [0.25, 0.3) is 0 Å². The van der Waals surface area contributed by atoms with Gasteiger partial charge in [-0.25, -0.2) is 4.79 Å². The summed E-state index contributed by atoms with van der Waals surface area (Å²) in [6.07, 6.45) is 2.37. The normalized spacial score (nSPS) is 17.2. The Balaban J connectivity index is 1.31. The van der Waals surface area contributed by atoms with Crippen LogP contribution in [-0.4, -0.2) is 36.6 Å². The molecule has 1 N–H and O–H groups in total. The summed E-state index contributed by atoms with van der Waals surface area (Å²) in [6, 6.07) is 19.2. The third-order valence-electron chi connectivity index (χ3n) is 5.02. The summed E-state index contributed by atoms with van der Waals surface area (Å²) >= 11 is 0. The van der Waals surface area contributed by atoms with E-state index in [1.54, 1.807) is 0 Å². The first-order valence-corrected chi connectivity index (χ1v) is 8.72. The Morgan fingerprint density at radius 3 is 2.62 bits per heavy atom. The highest BCUT2D eigenvalue weighted by atomic mass is 16.2. The van der Waals surface area contributed by atoms with E-state index >= 15 is 0 Å². The molecule has 0 aromatic heterocycles. The summed E-state index contributed by atoms with van der Waals surface area (Å²) in [5.74, 6) is 0. The first kappa shape index (κ1) is 15.1. The molecule has 124 valence electrons. The van der Waals surface area contributed by atoms with E-state index in [2.05, 4.69) is 34.5 Å². The van der Waals surface area contributed by atoms with Crippen molar-refractivity contribution in [2.24, 2.45) is 0 Å².